The fourth-order valence-corrected chi connectivity index (χ4v) is 3.77. The first kappa shape index (κ1) is 24.2. The second-order valence-corrected chi connectivity index (χ2v) is 7.90. The molecular formula is C25H24F3N5O2. The Hall–Kier alpha value is -3.92. The molecule has 4 aromatic rings. The number of ether oxygens (including phenoxy) is 1. The topological polar surface area (TPSA) is 81.1 Å². The van der Waals surface area contributed by atoms with Crippen LogP contribution in [0.4, 0.5) is 23.7 Å². The SMILES string of the molecule is CCCc1c(CNC)ncnc1Oc1ccc2c(ccn2C(=O)Nc2cccc(C(F)(F)F)c2)c1. The lowest BCUT2D eigenvalue weighted by Crippen LogP contribution is -2.18. The van der Waals surface area contributed by atoms with Crippen molar-refractivity contribution in [3.8, 4) is 11.6 Å². The average molecular weight is 483 g/mol. The molecule has 2 heterocycles. The summed E-state index contributed by atoms with van der Waals surface area (Å²) in [5.74, 6) is 1.02. The molecule has 0 saturated carbocycles. The Balaban J connectivity index is 1.57. The first-order valence-electron chi connectivity index (χ1n) is 11.0. The molecule has 0 spiro atoms. The molecule has 182 valence electrons. The maximum atomic E-state index is 13.0. The van der Waals surface area contributed by atoms with Crippen LogP contribution in [0.3, 0.4) is 0 Å². The number of fused-ring (bicyclic) bond motifs is 1. The largest absolute Gasteiger partial charge is 0.439 e. The minimum absolute atomic E-state index is 0.0521. The summed E-state index contributed by atoms with van der Waals surface area (Å²) >= 11 is 0. The number of benzene rings is 2. The molecule has 0 aliphatic carbocycles. The maximum absolute atomic E-state index is 13.0. The van der Waals surface area contributed by atoms with Crippen LogP contribution in [-0.4, -0.2) is 27.6 Å². The zero-order chi connectivity index (χ0) is 25.0. The minimum atomic E-state index is -4.49. The summed E-state index contributed by atoms with van der Waals surface area (Å²) in [6.07, 6.45) is 0.195. The van der Waals surface area contributed by atoms with Gasteiger partial charge in [0.2, 0.25) is 5.88 Å². The number of alkyl halides is 3. The van der Waals surface area contributed by atoms with Crippen molar-refractivity contribution >= 4 is 22.6 Å². The first-order chi connectivity index (χ1) is 16.8. The number of amides is 1. The molecule has 0 unspecified atom stereocenters. The summed E-state index contributed by atoms with van der Waals surface area (Å²) < 4.78 is 46.3. The van der Waals surface area contributed by atoms with Crippen LogP contribution in [0.15, 0.2) is 61.1 Å². The van der Waals surface area contributed by atoms with Gasteiger partial charge in [-0.25, -0.2) is 14.8 Å². The third kappa shape index (κ3) is 5.43. The van der Waals surface area contributed by atoms with Crippen LogP contribution in [0.1, 0.15) is 30.2 Å². The fraction of sp³-hybridized carbons (Fsp3) is 0.240. The van der Waals surface area contributed by atoms with Gasteiger partial charge in [-0.2, -0.15) is 13.2 Å². The predicted octanol–water partition coefficient (Wildman–Crippen LogP) is 5.99. The minimum Gasteiger partial charge on any atom is -0.439 e. The van der Waals surface area contributed by atoms with Crippen LogP contribution in [0, 0.1) is 0 Å². The predicted molar refractivity (Wildman–Crippen MR) is 127 cm³/mol. The molecule has 1 amide bonds. The van der Waals surface area contributed by atoms with Gasteiger partial charge in [0.15, 0.2) is 0 Å². The van der Waals surface area contributed by atoms with Gasteiger partial charge in [0.25, 0.3) is 0 Å². The lowest BCUT2D eigenvalue weighted by molar-refractivity contribution is -0.137. The molecule has 2 aromatic heterocycles. The van der Waals surface area contributed by atoms with Gasteiger partial charge in [-0.15, -0.1) is 0 Å². The average Bonchev–Trinajstić information content (AvgIpc) is 3.24. The lowest BCUT2D eigenvalue weighted by Gasteiger charge is -2.13. The van der Waals surface area contributed by atoms with Crippen molar-refractivity contribution in [3.05, 3.63) is 77.9 Å². The number of carbonyl (C=O) groups is 1. The zero-order valence-electron chi connectivity index (χ0n) is 19.2. The molecular weight excluding hydrogens is 459 g/mol. The Morgan fingerprint density at radius 2 is 1.94 bits per heavy atom. The van der Waals surface area contributed by atoms with E-state index in [0.717, 1.165) is 41.6 Å². The Labute approximate surface area is 200 Å². The summed E-state index contributed by atoms with van der Waals surface area (Å²) in [5, 5.41) is 6.34. The summed E-state index contributed by atoms with van der Waals surface area (Å²) in [6.45, 7) is 2.66. The number of aromatic nitrogens is 3. The highest BCUT2D eigenvalue weighted by atomic mass is 19.4. The molecule has 10 heteroatoms. The molecule has 35 heavy (non-hydrogen) atoms. The maximum Gasteiger partial charge on any atom is 0.416 e. The van der Waals surface area contributed by atoms with Crippen molar-refractivity contribution < 1.29 is 22.7 Å². The first-order valence-corrected chi connectivity index (χ1v) is 11.0. The van der Waals surface area contributed by atoms with Crippen LogP contribution in [0.5, 0.6) is 11.6 Å². The zero-order valence-corrected chi connectivity index (χ0v) is 19.2. The normalized spacial score (nSPS) is 11.6. The summed E-state index contributed by atoms with van der Waals surface area (Å²) in [4.78, 5) is 21.4. The van der Waals surface area contributed by atoms with E-state index in [9.17, 15) is 18.0 Å². The van der Waals surface area contributed by atoms with Gasteiger partial charge in [0.05, 0.1) is 16.8 Å². The van der Waals surface area contributed by atoms with Gasteiger partial charge in [-0.3, -0.25) is 4.57 Å². The third-order valence-electron chi connectivity index (χ3n) is 5.38. The van der Waals surface area contributed by atoms with Crippen molar-refractivity contribution in [1.29, 1.82) is 0 Å². The summed E-state index contributed by atoms with van der Waals surface area (Å²) in [6, 6.07) is 10.9. The van der Waals surface area contributed by atoms with Gasteiger partial charge < -0.3 is 15.4 Å². The molecule has 2 aromatic carbocycles. The smallest absolute Gasteiger partial charge is 0.416 e. The molecule has 4 rings (SSSR count). The Bertz CT molecular complexity index is 1350. The van der Waals surface area contributed by atoms with Gasteiger partial charge in [0, 0.05) is 29.4 Å². The van der Waals surface area contributed by atoms with E-state index < -0.39 is 17.8 Å². The fourth-order valence-electron chi connectivity index (χ4n) is 3.77. The molecule has 0 atom stereocenters. The van der Waals surface area contributed by atoms with Gasteiger partial charge >= 0.3 is 12.2 Å². The van der Waals surface area contributed by atoms with Crippen molar-refractivity contribution in [2.75, 3.05) is 12.4 Å². The standard InChI is InChI=1S/C25H24F3N5O2/c1-3-5-20-21(14-29-2)30-15-31-23(20)35-19-8-9-22-16(12-19)10-11-33(22)24(34)32-18-7-4-6-17(13-18)25(26,27)28/h4,6-13,15,29H,3,5,14H2,1-2H3,(H,32,34). The number of hydrogen-bond acceptors (Lipinski definition) is 5. The summed E-state index contributed by atoms with van der Waals surface area (Å²) in [5.41, 5.74) is 1.60. The molecule has 0 aliphatic heterocycles. The second-order valence-electron chi connectivity index (χ2n) is 7.90. The van der Waals surface area contributed by atoms with Crippen LogP contribution < -0.4 is 15.4 Å². The highest BCUT2D eigenvalue weighted by Crippen LogP contribution is 2.31. The monoisotopic (exact) mass is 483 g/mol. The number of anilines is 1. The van der Waals surface area contributed by atoms with Crippen LogP contribution >= 0.6 is 0 Å². The molecule has 7 nitrogen and oxygen atoms in total. The highest BCUT2D eigenvalue weighted by Gasteiger charge is 2.30. The number of nitrogens with one attached hydrogen (secondary N) is 2. The van der Waals surface area contributed by atoms with Crippen LogP contribution in [0.25, 0.3) is 10.9 Å². The number of rotatable bonds is 7. The van der Waals surface area contributed by atoms with Crippen molar-refractivity contribution in [1.82, 2.24) is 19.9 Å². The molecule has 0 saturated heterocycles. The Morgan fingerprint density at radius 3 is 2.69 bits per heavy atom. The molecule has 0 bridgehead atoms. The highest BCUT2D eigenvalue weighted by molar-refractivity contribution is 5.98. The van der Waals surface area contributed by atoms with Crippen molar-refractivity contribution in [3.63, 3.8) is 0 Å². The van der Waals surface area contributed by atoms with Crippen LogP contribution in [0.2, 0.25) is 0 Å². The van der Waals surface area contributed by atoms with Gasteiger partial charge in [-0.05, 0) is 55.9 Å². The third-order valence-corrected chi connectivity index (χ3v) is 5.38. The molecule has 0 aliphatic rings. The Morgan fingerprint density at radius 1 is 1.11 bits per heavy atom. The van der Waals surface area contributed by atoms with Crippen molar-refractivity contribution in [2.45, 2.75) is 32.5 Å². The van der Waals surface area contributed by atoms with E-state index in [2.05, 4.69) is 27.5 Å². The van der Waals surface area contributed by atoms with E-state index >= 15 is 0 Å². The van der Waals surface area contributed by atoms with E-state index in [4.69, 9.17) is 4.74 Å². The van der Waals surface area contributed by atoms with E-state index in [1.807, 2.05) is 7.05 Å². The van der Waals surface area contributed by atoms with Crippen LogP contribution in [-0.2, 0) is 19.1 Å². The number of nitrogens with zero attached hydrogens (tertiary/aromatic N) is 3. The van der Waals surface area contributed by atoms with E-state index in [1.165, 1.54) is 23.0 Å². The number of halogens is 3. The second kappa shape index (κ2) is 10.1. The lowest BCUT2D eigenvalue weighted by atomic mass is 10.1. The number of hydrogen-bond donors (Lipinski definition) is 2. The molecule has 2 N–H and O–H groups in total. The van der Waals surface area contributed by atoms with E-state index in [-0.39, 0.29) is 5.69 Å². The quantitative estimate of drug-likeness (QED) is 0.337. The van der Waals surface area contributed by atoms with E-state index in [1.54, 1.807) is 30.5 Å². The number of carbonyl (C=O) groups excluding carboxylic acids is 1. The van der Waals surface area contributed by atoms with Gasteiger partial charge in [0.1, 0.15) is 12.1 Å². The Kier molecular flexibility index (Phi) is 7.02. The van der Waals surface area contributed by atoms with Gasteiger partial charge in [-0.1, -0.05) is 19.4 Å². The summed E-state index contributed by atoms with van der Waals surface area (Å²) in [7, 11) is 1.85. The molecule has 0 fully saturated rings. The molecule has 0 radical (unpaired) electrons. The van der Waals surface area contributed by atoms with E-state index in [0.29, 0.717) is 23.7 Å². The van der Waals surface area contributed by atoms with Crippen molar-refractivity contribution in [2.24, 2.45) is 0 Å².